The van der Waals surface area contributed by atoms with Crippen LogP contribution in [0.3, 0.4) is 0 Å². The largest absolute Gasteiger partial charge is 0.409 e. The number of hydrogen-bond acceptors (Lipinski definition) is 3. The van der Waals surface area contributed by atoms with Crippen LogP contribution in [0.25, 0.3) is 0 Å². The van der Waals surface area contributed by atoms with Crippen molar-refractivity contribution in [3.63, 3.8) is 0 Å². The van der Waals surface area contributed by atoms with Crippen molar-refractivity contribution in [1.29, 1.82) is 0 Å². The number of oxime groups is 1. The van der Waals surface area contributed by atoms with E-state index in [1.807, 2.05) is 0 Å². The third-order valence-electron chi connectivity index (χ3n) is 2.85. The van der Waals surface area contributed by atoms with Crippen LogP contribution in [-0.4, -0.2) is 30.3 Å². The van der Waals surface area contributed by atoms with Gasteiger partial charge < -0.3 is 15.8 Å². The molecule has 0 aliphatic rings. The molecule has 0 aliphatic heterocycles. The lowest BCUT2D eigenvalue weighted by Gasteiger charge is -2.29. The lowest BCUT2D eigenvalue weighted by Crippen LogP contribution is -2.44. The van der Waals surface area contributed by atoms with Gasteiger partial charge in [-0.3, -0.25) is 0 Å². The summed E-state index contributed by atoms with van der Waals surface area (Å²) in [5, 5.41) is 10.9. The average Bonchev–Trinajstić information content (AvgIpc) is 2.39. The van der Waals surface area contributed by atoms with Crippen molar-refractivity contribution >= 4 is 11.5 Å². The molecular weight excluding hydrogens is 278 g/mol. The molecule has 1 unspecified atom stereocenters. The van der Waals surface area contributed by atoms with Crippen LogP contribution in [0.5, 0.6) is 0 Å². The number of alkyl halides is 3. The summed E-state index contributed by atoms with van der Waals surface area (Å²) in [7, 11) is 0. The van der Waals surface area contributed by atoms with Crippen LogP contribution < -0.4 is 10.6 Å². The molecule has 1 aromatic rings. The minimum Gasteiger partial charge on any atom is -0.409 e. The molecule has 20 heavy (non-hydrogen) atoms. The molecule has 0 fully saturated rings. The smallest absolute Gasteiger partial charge is 0.400 e. The Balaban J connectivity index is 3.05. The van der Waals surface area contributed by atoms with Crippen LogP contribution in [-0.2, 0) is 0 Å². The fraction of sp³-hybridized carbons (Fsp3) is 0.417. The molecule has 0 saturated heterocycles. The van der Waals surface area contributed by atoms with Crippen LogP contribution >= 0.6 is 0 Å². The van der Waals surface area contributed by atoms with Crippen LogP contribution in [0.4, 0.5) is 23.2 Å². The number of benzene rings is 1. The van der Waals surface area contributed by atoms with Crippen LogP contribution in [0.1, 0.15) is 6.92 Å². The molecule has 0 amide bonds. The fourth-order valence-electron chi connectivity index (χ4n) is 1.76. The van der Waals surface area contributed by atoms with E-state index in [4.69, 9.17) is 10.9 Å². The molecule has 1 atom stereocenters. The van der Waals surface area contributed by atoms with Gasteiger partial charge in [0.1, 0.15) is 11.7 Å². The number of para-hydroxylation sites is 1. The molecule has 0 saturated carbocycles. The van der Waals surface area contributed by atoms with Gasteiger partial charge in [0, 0.05) is 13.1 Å². The second-order valence-corrected chi connectivity index (χ2v) is 4.11. The molecule has 1 aromatic carbocycles. The second-order valence-electron chi connectivity index (χ2n) is 4.11. The Morgan fingerprint density at radius 3 is 2.45 bits per heavy atom. The van der Waals surface area contributed by atoms with Crippen molar-refractivity contribution in [2.75, 3.05) is 18.0 Å². The molecule has 4 nitrogen and oxygen atoms in total. The lowest BCUT2D eigenvalue weighted by atomic mass is 10.1. The van der Waals surface area contributed by atoms with Gasteiger partial charge in [0.15, 0.2) is 5.84 Å². The minimum absolute atomic E-state index is 0.0370. The highest BCUT2D eigenvalue weighted by Gasteiger charge is 2.43. The maximum absolute atomic E-state index is 13.6. The maximum atomic E-state index is 13.6. The van der Waals surface area contributed by atoms with Gasteiger partial charge in [0.25, 0.3) is 0 Å². The molecule has 0 heterocycles. The zero-order chi connectivity index (χ0) is 15.3. The van der Waals surface area contributed by atoms with E-state index in [0.717, 1.165) is 6.07 Å². The SMILES string of the molecule is CCN(CC(/C(N)=N/O)C(F)(F)F)c1ccccc1F. The molecular formula is C12H15F4N3O. The Labute approximate surface area is 113 Å². The second kappa shape index (κ2) is 6.44. The average molecular weight is 293 g/mol. The number of amidine groups is 1. The van der Waals surface area contributed by atoms with Crippen LogP contribution in [0.2, 0.25) is 0 Å². The summed E-state index contributed by atoms with van der Waals surface area (Å²) < 4.78 is 52.3. The lowest BCUT2D eigenvalue weighted by molar-refractivity contribution is -0.153. The summed E-state index contributed by atoms with van der Waals surface area (Å²) in [5.41, 5.74) is 5.12. The van der Waals surface area contributed by atoms with Crippen LogP contribution in [0.15, 0.2) is 29.4 Å². The maximum Gasteiger partial charge on any atom is 0.400 e. The number of halogens is 4. The molecule has 112 valence electrons. The van der Waals surface area contributed by atoms with Gasteiger partial charge in [-0.05, 0) is 19.1 Å². The summed E-state index contributed by atoms with van der Waals surface area (Å²) in [6, 6.07) is 5.49. The Morgan fingerprint density at radius 1 is 1.40 bits per heavy atom. The van der Waals surface area contributed by atoms with E-state index >= 15 is 0 Å². The van der Waals surface area contributed by atoms with Crippen molar-refractivity contribution < 1.29 is 22.8 Å². The Morgan fingerprint density at radius 2 is 2.00 bits per heavy atom. The summed E-state index contributed by atoms with van der Waals surface area (Å²) in [5.74, 6) is -3.76. The zero-order valence-electron chi connectivity index (χ0n) is 10.7. The topological polar surface area (TPSA) is 61.8 Å². The minimum atomic E-state index is -4.69. The summed E-state index contributed by atoms with van der Waals surface area (Å²) >= 11 is 0. The number of rotatable bonds is 5. The van der Waals surface area contributed by atoms with Crippen LogP contribution in [0, 0.1) is 11.7 Å². The van der Waals surface area contributed by atoms with Crippen molar-refractivity contribution in [3.8, 4) is 0 Å². The normalized spacial score (nSPS) is 14.2. The standard InChI is InChI=1S/C12H15F4N3O/c1-2-19(10-6-4-3-5-9(10)13)7-8(11(17)18-20)12(14,15)16/h3-6,8,20H,2,7H2,1H3,(H2,17,18). The molecule has 0 bridgehead atoms. The van der Waals surface area contributed by atoms with Crippen molar-refractivity contribution in [2.24, 2.45) is 16.8 Å². The highest BCUT2D eigenvalue weighted by molar-refractivity contribution is 5.83. The van der Waals surface area contributed by atoms with Gasteiger partial charge >= 0.3 is 6.18 Å². The first kappa shape index (κ1) is 16.1. The zero-order valence-corrected chi connectivity index (χ0v) is 10.7. The molecule has 0 aliphatic carbocycles. The highest BCUT2D eigenvalue weighted by atomic mass is 19.4. The van der Waals surface area contributed by atoms with E-state index in [1.54, 1.807) is 6.92 Å². The Hall–Kier alpha value is -1.99. The molecule has 3 N–H and O–H groups in total. The first-order valence-electron chi connectivity index (χ1n) is 5.84. The molecule has 1 rings (SSSR count). The Bertz CT molecular complexity index is 476. The van der Waals surface area contributed by atoms with Gasteiger partial charge in [0.2, 0.25) is 0 Å². The predicted octanol–water partition coefficient (Wildman–Crippen LogP) is 2.58. The number of hydrogen-bond donors (Lipinski definition) is 2. The van der Waals surface area contributed by atoms with Gasteiger partial charge in [0.05, 0.1) is 5.69 Å². The first-order valence-corrected chi connectivity index (χ1v) is 5.84. The van der Waals surface area contributed by atoms with E-state index in [0.29, 0.717) is 0 Å². The number of anilines is 1. The third kappa shape index (κ3) is 3.75. The van der Waals surface area contributed by atoms with E-state index in [9.17, 15) is 17.6 Å². The van der Waals surface area contributed by atoms with E-state index in [-0.39, 0.29) is 12.2 Å². The monoisotopic (exact) mass is 293 g/mol. The van der Waals surface area contributed by atoms with E-state index in [2.05, 4.69) is 5.16 Å². The van der Waals surface area contributed by atoms with E-state index in [1.165, 1.54) is 23.1 Å². The molecule has 0 aromatic heterocycles. The first-order chi connectivity index (χ1) is 9.31. The number of nitrogens with two attached hydrogens (primary N) is 1. The third-order valence-corrected chi connectivity index (χ3v) is 2.85. The predicted molar refractivity (Wildman–Crippen MR) is 67.2 cm³/mol. The van der Waals surface area contributed by atoms with Gasteiger partial charge in [-0.1, -0.05) is 17.3 Å². The molecule has 0 spiro atoms. The summed E-state index contributed by atoms with van der Waals surface area (Å²) in [6.07, 6.45) is -4.69. The quantitative estimate of drug-likeness (QED) is 0.288. The van der Waals surface area contributed by atoms with Gasteiger partial charge in [-0.2, -0.15) is 13.2 Å². The molecule has 0 radical (unpaired) electrons. The molecule has 8 heteroatoms. The van der Waals surface area contributed by atoms with Gasteiger partial charge in [-0.15, -0.1) is 0 Å². The summed E-state index contributed by atoms with van der Waals surface area (Å²) in [6.45, 7) is 1.11. The van der Waals surface area contributed by atoms with Crippen molar-refractivity contribution in [3.05, 3.63) is 30.1 Å². The van der Waals surface area contributed by atoms with E-state index < -0.39 is 30.3 Å². The fourth-order valence-corrected chi connectivity index (χ4v) is 1.76. The van der Waals surface area contributed by atoms with Gasteiger partial charge in [-0.25, -0.2) is 4.39 Å². The summed E-state index contributed by atoms with van der Waals surface area (Å²) in [4.78, 5) is 1.19. The highest BCUT2D eigenvalue weighted by Crippen LogP contribution is 2.29. The van der Waals surface area contributed by atoms with Crippen molar-refractivity contribution in [2.45, 2.75) is 13.1 Å². The van der Waals surface area contributed by atoms with Crippen molar-refractivity contribution in [1.82, 2.24) is 0 Å². The number of nitrogens with zero attached hydrogens (tertiary/aromatic N) is 2. The Kier molecular flexibility index (Phi) is 5.18.